The molecule has 0 N–H and O–H groups in total. The minimum absolute atomic E-state index is 0.0617. The van der Waals surface area contributed by atoms with Crippen molar-refractivity contribution in [2.24, 2.45) is 0 Å². The number of nitrogens with zero attached hydrogens (tertiary/aromatic N) is 1. The molecule has 0 atom stereocenters. The third-order valence-electron chi connectivity index (χ3n) is 2.54. The molecule has 0 amide bonds. The van der Waals surface area contributed by atoms with Gasteiger partial charge < -0.3 is 4.74 Å². The fraction of sp³-hybridized carbons (Fsp3) is 0.200. The molecule has 1 aromatic carbocycles. The lowest BCUT2D eigenvalue weighted by atomic mass is 10.2. The SMILES string of the molecule is C=CC=C(C#N)C(=O)Oc1cccc([Si](C)(C)C)c1. The number of hydrogen-bond donors (Lipinski definition) is 0. The first-order valence-electron chi connectivity index (χ1n) is 5.94. The second-order valence-corrected chi connectivity index (χ2v) is 10.2. The molecule has 98 valence electrons. The zero-order chi connectivity index (χ0) is 14.5. The maximum Gasteiger partial charge on any atom is 0.354 e. The maximum atomic E-state index is 11.7. The minimum Gasteiger partial charge on any atom is -0.422 e. The Morgan fingerprint density at radius 2 is 2.11 bits per heavy atom. The molecule has 0 saturated heterocycles. The Morgan fingerprint density at radius 1 is 1.42 bits per heavy atom. The summed E-state index contributed by atoms with van der Waals surface area (Å²) in [6, 6.07) is 9.27. The van der Waals surface area contributed by atoms with Gasteiger partial charge in [0.05, 0.1) is 8.07 Å². The van der Waals surface area contributed by atoms with Crippen molar-refractivity contribution in [1.29, 1.82) is 5.26 Å². The van der Waals surface area contributed by atoms with Gasteiger partial charge in [0.1, 0.15) is 17.4 Å². The molecule has 1 rings (SSSR count). The van der Waals surface area contributed by atoms with Crippen molar-refractivity contribution < 1.29 is 9.53 Å². The summed E-state index contributed by atoms with van der Waals surface area (Å²) in [6.45, 7) is 10.1. The van der Waals surface area contributed by atoms with E-state index >= 15 is 0 Å². The van der Waals surface area contributed by atoms with Gasteiger partial charge in [-0.05, 0) is 18.2 Å². The van der Waals surface area contributed by atoms with Gasteiger partial charge in [-0.3, -0.25) is 0 Å². The van der Waals surface area contributed by atoms with Gasteiger partial charge >= 0.3 is 5.97 Å². The molecule has 0 unspecified atom stereocenters. The molecule has 0 saturated carbocycles. The molecule has 0 aromatic heterocycles. The number of allylic oxidation sites excluding steroid dienone is 2. The molecule has 19 heavy (non-hydrogen) atoms. The number of carbonyl (C=O) groups excluding carboxylic acids is 1. The van der Waals surface area contributed by atoms with Crippen LogP contribution in [0.5, 0.6) is 5.75 Å². The molecule has 4 heteroatoms. The Morgan fingerprint density at radius 3 is 2.63 bits per heavy atom. The quantitative estimate of drug-likeness (QED) is 0.211. The predicted octanol–water partition coefficient (Wildman–Crippen LogP) is 2.77. The normalized spacial score (nSPS) is 11.6. The van der Waals surface area contributed by atoms with E-state index in [4.69, 9.17) is 10.00 Å². The van der Waals surface area contributed by atoms with Crippen molar-refractivity contribution in [2.75, 3.05) is 0 Å². The second kappa shape index (κ2) is 6.16. The van der Waals surface area contributed by atoms with Crippen LogP contribution in [-0.2, 0) is 4.79 Å². The Hall–Kier alpha value is -2.12. The molecule has 0 spiro atoms. The lowest BCUT2D eigenvalue weighted by Crippen LogP contribution is -2.37. The van der Waals surface area contributed by atoms with Crippen LogP contribution in [-0.4, -0.2) is 14.0 Å². The maximum absolute atomic E-state index is 11.7. The van der Waals surface area contributed by atoms with Gasteiger partial charge in [-0.1, -0.05) is 49.6 Å². The van der Waals surface area contributed by atoms with Crippen LogP contribution < -0.4 is 9.92 Å². The van der Waals surface area contributed by atoms with Crippen molar-refractivity contribution in [1.82, 2.24) is 0 Å². The third kappa shape index (κ3) is 4.23. The van der Waals surface area contributed by atoms with E-state index in [2.05, 4.69) is 26.2 Å². The largest absolute Gasteiger partial charge is 0.422 e. The van der Waals surface area contributed by atoms with Crippen LogP contribution in [0.3, 0.4) is 0 Å². The number of nitriles is 1. The van der Waals surface area contributed by atoms with Gasteiger partial charge in [0.25, 0.3) is 0 Å². The van der Waals surface area contributed by atoms with Crippen LogP contribution in [0.1, 0.15) is 0 Å². The fourth-order valence-corrected chi connectivity index (χ4v) is 2.63. The van der Waals surface area contributed by atoms with E-state index in [9.17, 15) is 4.79 Å². The molecule has 0 aliphatic heterocycles. The summed E-state index contributed by atoms with van der Waals surface area (Å²) >= 11 is 0. The van der Waals surface area contributed by atoms with Crippen molar-refractivity contribution in [3.63, 3.8) is 0 Å². The Labute approximate surface area is 114 Å². The number of esters is 1. The summed E-state index contributed by atoms with van der Waals surface area (Å²) in [4.78, 5) is 11.7. The molecule has 3 nitrogen and oxygen atoms in total. The molecule has 0 aliphatic rings. The van der Waals surface area contributed by atoms with Crippen LogP contribution in [0.2, 0.25) is 19.6 Å². The van der Waals surface area contributed by atoms with Crippen LogP contribution in [0, 0.1) is 11.3 Å². The van der Waals surface area contributed by atoms with Crippen LogP contribution in [0.15, 0.2) is 48.6 Å². The van der Waals surface area contributed by atoms with E-state index in [0.29, 0.717) is 5.75 Å². The molecule has 0 bridgehead atoms. The molecule has 1 aromatic rings. The Bertz CT molecular complexity index is 562. The van der Waals surface area contributed by atoms with Gasteiger partial charge in [0, 0.05) is 0 Å². The highest BCUT2D eigenvalue weighted by Gasteiger charge is 2.18. The average Bonchev–Trinajstić information content (AvgIpc) is 2.35. The van der Waals surface area contributed by atoms with Crippen LogP contribution >= 0.6 is 0 Å². The standard InChI is InChI=1S/C15H17NO2Si/c1-5-7-12(11-16)15(17)18-13-8-6-9-14(10-13)19(2,3)4/h5-10H,1H2,2-4H3. The highest BCUT2D eigenvalue weighted by atomic mass is 28.3. The van der Waals surface area contributed by atoms with E-state index in [1.54, 1.807) is 12.1 Å². The predicted molar refractivity (Wildman–Crippen MR) is 79.0 cm³/mol. The number of benzene rings is 1. The summed E-state index contributed by atoms with van der Waals surface area (Å²) in [7, 11) is -1.45. The highest BCUT2D eigenvalue weighted by Crippen LogP contribution is 2.13. The van der Waals surface area contributed by atoms with E-state index in [-0.39, 0.29) is 5.57 Å². The number of hydrogen-bond acceptors (Lipinski definition) is 3. The van der Waals surface area contributed by atoms with Crippen molar-refractivity contribution in [3.05, 3.63) is 48.6 Å². The number of carbonyl (C=O) groups is 1. The van der Waals surface area contributed by atoms with E-state index in [1.807, 2.05) is 18.2 Å². The van der Waals surface area contributed by atoms with Crippen molar-refractivity contribution in [2.45, 2.75) is 19.6 Å². The lowest BCUT2D eigenvalue weighted by molar-refractivity contribution is -0.129. The molecule has 0 radical (unpaired) electrons. The van der Waals surface area contributed by atoms with Crippen molar-refractivity contribution >= 4 is 19.2 Å². The zero-order valence-corrected chi connectivity index (χ0v) is 12.4. The van der Waals surface area contributed by atoms with E-state index in [1.165, 1.54) is 17.3 Å². The molecule has 0 heterocycles. The Balaban J connectivity index is 2.96. The van der Waals surface area contributed by atoms with Crippen LogP contribution in [0.4, 0.5) is 0 Å². The Kier molecular flexibility index (Phi) is 4.85. The molecular formula is C15H17NO2Si. The van der Waals surface area contributed by atoms with Gasteiger partial charge in [-0.2, -0.15) is 5.26 Å². The first kappa shape index (κ1) is 14.9. The van der Waals surface area contributed by atoms with E-state index < -0.39 is 14.0 Å². The average molecular weight is 271 g/mol. The monoisotopic (exact) mass is 271 g/mol. The van der Waals surface area contributed by atoms with Gasteiger partial charge in [-0.15, -0.1) is 0 Å². The van der Waals surface area contributed by atoms with E-state index in [0.717, 1.165) is 0 Å². The highest BCUT2D eigenvalue weighted by molar-refractivity contribution is 6.88. The summed E-state index contributed by atoms with van der Waals surface area (Å²) in [5, 5.41) is 10.0. The molecule has 0 fully saturated rings. The fourth-order valence-electron chi connectivity index (χ4n) is 1.46. The van der Waals surface area contributed by atoms with Gasteiger partial charge in [0.15, 0.2) is 0 Å². The van der Waals surface area contributed by atoms with Gasteiger partial charge in [0.2, 0.25) is 0 Å². The topological polar surface area (TPSA) is 50.1 Å². The summed E-state index contributed by atoms with van der Waals surface area (Å²) in [5.74, 6) is -0.190. The summed E-state index contributed by atoms with van der Waals surface area (Å²) in [6.07, 6.45) is 2.73. The smallest absolute Gasteiger partial charge is 0.354 e. The summed E-state index contributed by atoms with van der Waals surface area (Å²) < 4.78 is 5.20. The first-order chi connectivity index (χ1) is 8.88. The second-order valence-electron chi connectivity index (χ2n) is 5.10. The molecular weight excluding hydrogens is 254 g/mol. The summed E-state index contributed by atoms with van der Waals surface area (Å²) in [5.41, 5.74) is -0.0617. The van der Waals surface area contributed by atoms with Crippen molar-refractivity contribution in [3.8, 4) is 11.8 Å². The first-order valence-corrected chi connectivity index (χ1v) is 9.44. The minimum atomic E-state index is -1.45. The van der Waals surface area contributed by atoms with Crippen LogP contribution in [0.25, 0.3) is 0 Å². The molecule has 0 aliphatic carbocycles. The lowest BCUT2D eigenvalue weighted by Gasteiger charge is -2.17. The number of ether oxygens (including phenoxy) is 1. The van der Waals surface area contributed by atoms with Gasteiger partial charge in [-0.25, -0.2) is 4.79 Å². The third-order valence-corrected chi connectivity index (χ3v) is 4.58. The zero-order valence-electron chi connectivity index (χ0n) is 11.4. The number of rotatable bonds is 4.